The molecule has 2 amide bonds. The van der Waals surface area contributed by atoms with Crippen molar-refractivity contribution in [2.24, 2.45) is 0 Å². The molecular weight excluding hydrogens is 408 g/mol. The zero-order valence-corrected chi connectivity index (χ0v) is 19.8. The first kappa shape index (κ1) is 24.0. The summed E-state index contributed by atoms with van der Waals surface area (Å²) in [4.78, 5) is 30.5. The van der Waals surface area contributed by atoms with Gasteiger partial charge in [0.15, 0.2) is 0 Å². The zero-order valence-electron chi connectivity index (χ0n) is 19.8. The number of carbonyl (C=O) groups is 2. The van der Waals surface area contributed by atoms with E-state index in [1.54, 1.807) is 9.80 Å². The van der Waals surface area contributed by atoms with Crippen LogP contribution in [0, 0.1) is 0 Å². The molecule has 0 aliphatic heterocycles. The summed E-state index contributed by atoms with van der Waals surface area (Å²) in [7, 11) is 0. The van der Waals surface area contributed by atoms with Crippen molar-refractivity contribution in [1.29, 1.82) is 0 Å². The summed E-state index contributed by atoms with van der Waals surface area (Å²) < 4.78 is 0. The average Bonchev–Trinajstić information content (AvgIpc) is 2.82. The monoisotopic (exact) mass is 440 g/mol. The van der Waals surface area contributed by atoms with Crippen molar-refractivity contribution in [1.82, 2.24) is 9.80 Å². The first-order valence-electron chi connectivity index (χ1n) is 11.4. The molecule has 0 N–H and O–H groups in total. The molecule has 0 bridgehead atoms. The van der Waals surface area contributed by atoms with Crippen LogP contribution in [-0.4, -0.2) is 33.7 Å². The number of hydrogen-bond acceptors (Lipinski definition) is 2. The molecule has 0 aliphatic rings. The van der Waals surface area contributed by atoms with E-state index in [-0.39, 0.29) is 12.1 Å². The van der Waals surface area contributed by atoms with E-state index in [4.69, 9.17) is 0 Å². The molecule has 4 heteroatoms. The van der Waals surface area contributed by atoms with Gasteiger partial charge in [0, 0.05) is 12.1 Å². The quantitative estimate of drug-likeness (QED) is 0.341. The SMILES string of the molecule is CC(C)N(C(=O)C(=O)N(Cc1ccccc1)/C(=C/c1ccccc1)c1ccccc1)C(C)C. The Morgan fingerprint density at radius 1 is 0.697 bits per heavy atom. The van der Waals surface area contributed by atoms with Gasteiger partial charge in [-0.05, 0) is 50.5 Å². The molecule has 33 heavy (non-hydrogen) atoms. The Labute approximate surface area is 197 Å². The van der Waals surface area contributed by atoms with Crippen molar-refractivity contribution in [2.45, 2.75) is 46.3 Å². The van der Waals surface area contributed by atoms with Crippen LogP contribution in [0.25, 0.3) is 11.8 Å². The minimum Gasteiger partial charge on any atom is -0.330 e. The number of rotatable bonds is 7. The van der Waals surface area contributed by atoms with Crippen molar-refractivity contribution in [3.8, 4) is 0 Å². The van der Waals surface area contributed by atoms with Gasteiger partial charge < -0.3 is 4.90 Å². The highest BCUT2D eigenvalue weighted by Crippen LogP contribution is 2.26. The highest BCUT2D eigenvalue weighted by atomic mass is 16.2. The first-order valence-corrected chi connectivity index (χ1v) is 11.4. The predicted molar refractivity (Wildman–Crippen MR) is 135 cm³/mol. The number of nitrogens with zero attached hydrogens (tertiary/aromatic N) is 2. The molecule has 0 saturated carbocycles. The van der Waals surface area contributed by atoms with Gasteiger partial charge in [-0.1, -0.05) is 91.0 Å². The summed E-state index contributed by atoms with van der Waals surface area (Å²) in [6, 6.07) is 29.2. The molecule has 0 aromatic heterocycles. The highest BCUT2D eigenvalue weighted by molar-refractivity contribution is 6.36. The number of benzene rings is 3. The second-order valence-corrected chi connectivity index (χ2v) is 8.58. The normalized spacial score (nSPS) is 11.5. The third kappa shape index (κ3) is 6.19. The average molecular weight is 441 g/mol. The molecule has 170 valence electrons. The van der Waals surface area contributed by atoms with Crippen molar-refractivity contribution in [3.05, 3.63) is 108 Å². The molecule has 0 heterocycles. The Bertz CT molecular complexity index is 1070. The molecular formula is C29H32N2O2. The lowest BCUT2D eigenvalue weighted by Crippen LogP contribution is -2.50. The summed E-state index contributed by atoms with van der Waals surface area (Å²) in [6.45, 7) is 8.04. The molecule has 0 unspecified atom stereocenters. The van der Waals surface area contributed by atoms with Crippen LogP contribution in [0.3, 0.4) is 0 Å². The van der Waals surface area contributed by atoms with Gasteiger partial charge in [0.2, 0.25) is 0 Å². The van der Waals surface area contributed by atoms with Crippen LogP contribution in [-0.2, 0) is 16.1 Å². The van der Waals surface area contributed by atoms with E-state index in [1.807, 2.05) is 125 Å². The van der Waals surface area contributed by atoms with E-state index in [0.29, 0.717) is 12.2 Å². The van der Waals surface area contributed by atoms with Gasteiger partial charge in [-0.15, -0.1) is 0 Å². The van der Waals surface area contributed by atoms with Crippen LogP contribution in [0.2, 0.25) is 0 Å². The Balaban J connectivity index is 2.13. The van der Waals surface area contributed by atoms with Crippen molar-refractivity contribution in [2.75, 3.05) is 0 Å². The van der Waals surface area contributed by atoms with Gasteiger partial charge in [0.05, 0.1) is 12.2 Å². The minimum atomic E-state index is -0.535. The standard InChI is InChI=1S/C29H32N2O2/c1-22(2)31(23(3)4)29(33)28(32)30(21-25-16-10-6-11-17-25)27(26-18-12-7-13-19-26)20-24-14-8-5-9-15-24/h5-20,22-23H,21H2,1-4H3/b27-20+. The Morgan fingerprint density at radius 2 is 1.18 bits per heavy atom. The molecule has 0 aliphatic carbocycles. The molecule has 0 spiro atoms. The maximum atomic E-state index is 13.8. The summed E-state index contributed by atoms with van der Waals surface area (Å²) in [5.41, 5.74) is 3.48. The van der Waals surface area contributed by atoms with Crippen molar-refractivity contribution < 1.29 is 9.59 Å². The van der Waals surface area contributed by atoms with Gasteiger partial charge in [-0.2, -0.15) is 0 Å². The number of carbonyl (C=O) groups excluding carboxylic acids is 2. The van der Waals surface area contributed by atoms with Gasteiger partial charge in [-0.25, -0.2) is 0 Å². The van der Waals surface area contributed by atoms with Crippen LogP contribution < -0.4 is 0 Å². The fourth-order valence-corrected chi connectivity index (χ4v) is 3.96. The summed E-state index contributed by atoms with van der Waals surface area (Å²) in [5.74, 6) is -1.03. The molecule has 3 aromatic carbocycles. The largest absolute Gasteiger partial charge is 0.330 e. The Kier molecular flexibility index (Phi) is 8.20. The molecule has 0 radical (unpaired) electrons. The summed E-state index contributed by atoms with van der Waals surface area (Å²) in [5, 5.41) is 0. The molecule has 3 rings (SSSR count). The maximum Gasteiger partial charge on any atom is 0.316 e. The van der Waals surface area contributed by atoms with Gasteiger partial charge in [0.25, 0.3) is 0 Å². The minimum absolute atomic E-state index is 0.0849. The molecule has 0 fully saturated rings. The second kappa shape index (κ2) is 11.3. The first-order chi connectivity index (χ1) is 15.9. The third-order valence-electron chi connectivity index (χ3n) is 5.42. The number of amides is 2. The smallest absolute Gasteiger partial charge is 0.316 e. The van der Waals surface area contributed by atoms with E-state index < -0.39 is 11.8 Å². The fourth-order valence-electron chi connectivity index (χ4n) is 3.96. The number of hydrogen-bond donors (Lipinski definition) is 0. The van der Waals surface area contributed by atoms with Crippen molar-refractivity contribution in [3.63, 3.8) is 0 Å². The molecule has 3 aromatic rings. The topological polar surface area (TPSA) is 40.6 Å². The lowest BCUT2D eigenvalue weighted by molar-refractivity contribution is -0.152. The van der Waals surface area contributed by atoms with Crippen molar-refractivity contribution >= 4 is 23.6 Å². The van der Waals surface area contributed by atoms with Gasteiger partial charge in [0.1, 0.15) is 0 Å². The third-order valence-corrected chi connectivity index (χ3v) is 5.42. The van der Waals surface area contributed by atoms with Crippen LogP contribution in [0.5, 0.6) is 0 Å². The second-order valence-electron chi connectivity index (χ2n) is 8.58. The maximum absolute atomic E-state index is 13.8. The van der Waals surface area contributed by atoms with Gasteiger partial charge in [-0.3, -0.25) is 14.5 Å². The molecule has 0 saturated heterocycles. The van der Waals surface area contributed by atoms with Crippen LogP contribution in [0.4, 0.5) is 0 Å². The summed E-state index contributed by atoms with van der Waals surface area (Å²) >= 11 is 0. The predicted octanol–water partition coefficient (Wildman–Crippen LogP) is 5.86. The Morgan fingerprint density at radius 3 is 1.70 bits per heavy atom. The van der Waals surface area contributed by atoms with Crippen LogP contribution >= 0.6 is 0 Å². The van der Waals surface area contributed by atoms with E-state index in [2.05, 4.69) is 0 Å². The summed E-state index contributed by atoms with van der Waals surface area (Å²) in [6.07, 6.45) is 1.97. The van der Waals surface area contributed by atoms with Crippen LogP contribution in [0.15, 0.2) is 91.0 Å². The highest BCUT2D eigenvalue weighted by Gasteiger charge is 2.32. The van der Waals surface area contributed by atoms with Gasteiger partial charge >= 0.3 is 11.8 Å². The molecule has 4 nitrogen and oxygen atoms in total. The van der Waals surface area contributed by atoms with E-state index in [1.165, 1.54) is 0 Å². The van der Waals surface area contributed by atoms with E-state index in [0.717, 1.165) is 16.7 Å². The van der Waals surface area contributed by atoms with Crippen LogP contribution in [0.1, 0.15) is 44.4 Å². The molecule has 0 atom stereocenters. The lowest BCUT2D eigenvalue weighted by Gasteiger charge is -2.33. The Hall–Kier alpha value is -3.66. The fraction of sp³-hybridized carbons (Fsp3) is 0.241. The van der Waals surface area contributed by atoms with E-state index >= 15 is 0 Å². The van der Waals surface area contributed by atoms with E-state index in [9.17, 15) is 9.59 Å². The zero-order chi connectivity index (χ0) is 23.8. The lowest BCUT2D eigenvalue weighted by atomic mass is 10.1.